The van der Waals surface area contributed by atoms with Crippen molar-refractivity contribution in [1.82, 2.24) is 9.21 Å². The summed E-state index contributed by atoms with van der Waals surface area (Å²) in [5.74, 6) is -0.433. The predicted octanol–water partition coefficient (Wildman–Crippen LogP) is 2.66. The van der Waals surface area contributed by atoms with Crippen LogP contribution >= 0.6 is 12.1 Å². The van der Waals surface area contributed by atoms with Gasteiger partial charge in [0.2, 0.25) is 5.91 Å². The normalized spacial score (nSPS) is 18.1. The smallest absolute Gasteiger partial charge is 0.415 e. The van der Waals surface area contributed by atoms with E-state index in [9.17, 15) is 14.4 Å². The number of nitrogens with one attached hydrogen (secondary N) is 1. The molecule has 32 heavy (non-hydrogen) atoms. The van der Waals surface area contributed by atoms with Gasteiger partial charge in [-0.1, -0.05) is 12.1 Å². The molecule has 2 aromatic carbocycles. The number of hydrogen-bond acceptors (Lipinski definition) is 8. The molecule has 2 amide bonds. The summed E-state index contributed by atoms with van der Waals surface area (Å²) >= 11 is 1.22. The van der Waals surface area contributed by atoms with E-state index in [-0.39, 0.29) is 36.4 Å². The van der Waals surface area contributed by atoms with Gasteiger partial charge in [-0.05, 0) is 24.6 Å². The molecule has 9 nitrogen and oxygen atoms in total. The lowest BCUT2D eigenvalue weighted by Gasteiger charge is -2.28. The van der Waals surface area contributed by atoms with E-state index in [1.54, 1.807) is 30.3 Å². The van der Waals surface area contributed by atoms with Crippen LogP contribution in [-0.4, -0.2) is 40.8 Å². The molecule has 3 N–H and O–H groups in total. The second kappa shape index (κ2) is 9.45. The molecule has 1 fully saturated rings. The Kier molecular flexibility index (Phi) is 6.47. The molecule has 2 aliphatic rings. The van der Waals surface area contributed by atoms with Crippen LogP contribution in [0.5, 0.6) is 11.5 Å². The maximum Gasteiger partial charge on any atom is 0.415 e. The van der Waals surface area contributed by atoms with Crippen LogP contribution in [0.4, 0.5) is 14.9 Å². The van der Waals surface area contributed by atoms with Gasteiger partial charge < -0.3 is 19.9 Å². The summed E-state index contributed by atoms with van der Waals surface area (Å²) in [6.07, 6.45) is 0.0517. The Morgan fingerprint density at radius 3 is 2.97 bits per heavy atom. The molecule has 0 radical (unpaired) electrons. The van der Waals surface area contributed by atoms with Crippen LogP contribution < -0.4 is 19.9 Å². The molecule has 0 aromatic heterocycles. The van der Waals surface area contributed by atoms with Crippen LogP contribution in [0.1, 0.15) is 17.5 Å². The number of halogens is 1. The summed E-state index contributed by atoms with van der Waals surface area (Å²) in [4.78, 5) is 35.6. The first kappa shape index (κ1) is 21.9. The zero-order valence-corrected chi connectivity index (χ0v) is 17.8. The molecule has 2 aliphatic heterocycles. The number of carbonyl (C=O) groups excluding carboxylic acids is 3. The van der Waals surface area contributed by atoms with Gasteiger partial charge in [-0.15, -0.1) is 0 Å². The molecule has 0 saturated carbocycles. The number of nitrogens with zero attached hydrogens (tertiary/aromatic N) is 2. The first-order chi connectivity index (χ1) is 15.4. The number of fused-ring (bicyclic) bond motifs is 1. The van der Waals surface area contributed by atoms with E-state index >= 15 is 4.39 Å². The number of hydrogen-bond donors (Lipinski definition) is 2. The zero-order valence-electron chi connectivity index (χ0n) is 17.0. The van der Waals surface area contributed by atoms with E-state index in [0.717, 1.165) is 0 Å². The minimum absolute atomic E-state index is 0.0182. The Bertz CT molecular complexity index is 1050. The molecule has 11 heteroatoms. The first-order valence-corrected chi connectivity index (χ1v) is 10.7. The molecular weight excluding hydrogens is 439 g/mol. The third-order valence-corrected chi connectivity index (χ3v) is 6.22. The topological polar surface area (TPSA) is 114 Å². The van der Waals surface area contributed by atoms with Gasteiger partial charge in [0.15, 0.2) is 5.82 Å². The van der Waals surface area contributed by atoms with Gasteiger partial charge in [0, 0.05) is 42.4 Å². The third-order valence-electron chi connectivity index (χ3n) is 5.32. The van der Waals surface area contributed by atoms with Gasteiger partial charge in [-0.25, -0.2) is 13.5 Å². The average molecular weight is 460 g/mol. The molecule has 0 spiro atoms. The first-order valence-electron chi connectivity index (χ1n) is 9.89. The number of amides is 2. The van der Waals surface area contributed by atoms with Crippen LogP contribution in [0.15, 0.2) is 36.4 Å². The number of benzene rings is 2. The van der Waals surface area contributed by atoms with E-state index < -0.39 is 11.9 Å². The number of rotatable bonds is 8. The van der Waals surface area contributed by atoms with Crippen molar-refractivity contribution < 1.29 is 28.2 Å². The number of nitrogens with two attached hydrogens (primary N) is 1. The largest absolute Gasteiger partial charge is 0.429 e. The SMILES string of the molecule is NC(=O)C1CCN(SNc2cccc(CN3Cc4ccc(OC=O)cc4OC3=O)c2F)C1. The molecule has 1 saturated heterocycles. The number of ether oxygens (including phenoxy) is 2. The van der Waals surface area contributed by atoms with E-state index in [1.807, 2.05) is 4.31 Å². The summed E-state index contributed by atoms with van der Waals surface area (Å²) in [7, 11) is 0. The van der Waals surface area contributed by atoms with Crippen molar-refractivity contribution in [3.8, 4) is 11.5 Å². The molecule has 1 atom stereocenters. The second-order valence-electron chi connectivity index (χ2n) is 7.46. The fourth-order valence-electron chi connectivity index (χ4n) is 3.58. The molecule has 0 aliphatic carbocycles. The van der Waals surface area contributed by atoms with Gasteiger partial charge in [-0.2, -0.15) is 0 Å². The van der Waals surface area contributed by atoms with Gasteiger partial charge in [0.25, 0.3) is 6.47 Å². The fourth-order valence-corrected chi connectivity index (χ4v) is 4.42. The van der Waals surface area contributed by atoms with E-state index in [2.05, 4.69) is 4.72 Å². The van der Waals surface area contributed by atoms with E-state index in [4.69, 9.17) is 15.2 Å². The highest BCUT2D eigenvalue weighted by atomic mass is 32.2. The summed E-state index contributed by atoms with van der Waals surface area (Å²) in [6, 6.07) is 9.65. The zero-order chi connectivity index (χ0) is 22.7. The Morgan fingerprint density at radius 1 is 1.38 bits per heavy atom. The summed E-state index contributed by atoms with van der Waals surface area (Å²) in [5.41, 5.74) is 6.66. The van der Waals surface area contributed by atoms with Crippen molar-refractivity contribution in [3.05, 3.63) is 53.3 Å². The van der Waals surface area contributed by atoms with Crippen molar-refractivity contribution in [1.29, 1.82) is 0 Å². The van der Waals surface area contributed by atoms with E-state index in [1.165, 1.54) is 23.1 Å². The Hall–Kier alpha value is -3.31. The van der Waals surface area contributed by atoms with Gasteiger partial charge >= 0.3 is 6.09 Å². The lowest BCUT2D eigenvalue weighted by Crippen LogP contribution is -2.36. The molecule has 2 heterocycles. The van der Waals surface area contributed by atoms with Gasteiger partial charge in [-0.3, -0.25) is 14.5 Å². The van der Waals surface area contributed by atoms with Crippen LogP contribution in [0, 0.1) is 11.7 Å². The summed E-state index contributed by atoms with van der Waals surface area (Å²) in [5, 5.41) is 0. The number of primary amides is 1. The highest BCUT2D eigenvalue weighted by Crippen LogP contribution is 2.32. The van der Waals surface area contributed by atoms with Gasteiger partial charge in [0.1, 0.15) is 11.5 Å². The maximum absolute atomic E-state index is 15.1. The Balaban J connectivity index is 1.41. The number of anilines is 1. The second-order valence-corrected chi connectivity index (χ2v) is 8.36. The van der Waals surface area contributed by atoms with Crippen molar-refractivity contribution >= 4 is 36.3 Å². The Labute approximate surface area is 187 Å². The van der Waals surface area contributed by atoms with Crippen LogP contribution in [0.3, 0.4) is 0 Å². The molecule has 168 valence electrons. The Morgan fingerprint density at radius 2 is 2.22 bits per heavy atom. The van der Waals surface area contributed by atoms with Crippen LogP contribution in [0.25, 0.3) is 0 Å². The number of carbonyl (C=O) groups is 3. The maximum atomic E-state index is 15.1. The van der Waals surface area contributed by atoms with Crippen molar-refractivity contribution in [2.24, 2.45) is 11.7 Å². The lowest BCUT2D eigenvalue weighted by atomic mass is 10.1. The van der Waals surface area contributed by atoms with E-state index in [0.29, 0.717) is 42.9 Å². The van der Waals surface area contributed by atoms with Crippen LogP contribution in [0.2, 0.25) is 0 Å². The third kappa shape index (κ3) is 4.78. The highest BCUT2D eigenvalue weighted by Gasteiger charge is 2.28. The summed E-state index contributed by atoms with van der Waals surface area (Å²) < 4.78 is 30.1. The van der Waals surface area contributed by atoms with Gasteiger partial charge in [0.05, 0.1) is 24.7 Å². The predicted molar refractivity (Wildman–Crippen MR) is 115 cm³/mol. The fraction of sp³-hybridized carbons (Fsp3) is 0.286. The lowest BCUT2D eigenvalue weighted by molar-refractivity contribution is -0.121. The van der Waals surface area contributed by atoms with Crippen molar-refractivity contribution in [2.45, 2.75) is 19.5 Å². The molecule has 4 rings (SSSR count). The average Bonchev–Trinajstić information content (AvgIpc) is 3.25. The van der Waals surface area contributed by atoms with Crippen molar-refractivity contribution in [2.75, 3.05) is 17.8 Å². The van der Waals surface area contributed by atoms with Crippen molar-refractivity contribution in [3.63, 3.8) is 0 Å². The quantitative estimate of drug-likeness (QED) is 0.457. The monoisotopic (exact) mass is 460 g/mol. The minimum atomic E-state index is -0.623. The summed E-state index contributed by atoms with van der Waals surface area (Å²) in [6.45, 7) is 1.72. The standard InChI is InChI=1S/C21H21FN4O5S/c22-19-14(2-1-3-17(19)24-32-26-7-6-15(11-26)20(23)28)10-25-9-13-4-5-16(30-12-27)8-18(13)31-21(25)29/h1-5,8,12,15,24H,6-7,9-11H2,(H2,23,28). The van der Waals surface area contributed by atoms with Crippen LogP contribution in [-0.2, 0) is 22.7 Å². The molecular formula is C21H21FN4O5S. The minimum Gasteiger partial charge on any atom is -0.429 e. The highest BCUT2D eigenvalue weighted by molar-refractivity contribution is 7.98. The molecule has 0 bridgehead atoms. The molecule has 2 aromatic rings. The molecule has 1 unspecified atom stereocenters.